The lowest BCUT2D eigenvalue weighted by Crippen LogP contribution is -2.52. The van der Waals surface area contributed by atoms with E-state index in [2.05, 4.69) is 42.0 Å². The van der Waals surface area contributed by atoms with Crippen LogP contribution >= 0.6 is 15.9 Å². The number of carbonyl (C=O) groups is 2. The van der Waals surface area contributed by atoms with Crippen molar-refractivity contribution in [3.8, 4) is 5.75 Å². The van der Waals surface area contributed by atoms with E-state index in [1.54, 1.807) is 4.90 Å². The molecule has 0 aliphatic carbocycles. The lowest BCUT2D eigenvalue weighted by molar-refractivity contribution is -0.143. The fraction of sp³-hybridized carbons (Fsp3) is 0.355. The molecule has 3 rings (SSSR count). The predicted octanol–water partition coefficient (Wildman–Crippen LogP) is 6.29. The Bertz CT molecular complexity index is 1170. The maximum atomic E-state index is 13.7. The lowest BCUT2D eigenvalue weighted by atomic mass is 9.87. The van der Waals surface area contributed by atoms with Gasteiger partial charge in [-0.1, -0.05) is 87.5 Å². The number of benzene rings is 3. The summed E-state index contributed by atoms with van der Waals surface area (Å²) in [5, 5.41) is 3.01. The van der Waals surface area contributed by atoms with E-state index in [1.807, 2.05) is 92.7 Å². The summed E-state index contributed by atoms with van der Waals surface area (Å²) < 4.78 is 6.77. The highest BCUT2D eigenvalue weighted by Crippen LogP contribution is 2.31. The third kappa shape index (κ3) is 8.46. The van der Waals surface area contributed by atoms with Crippen LogP contribution in [0.2, 0.25) is 0 Å². The van der Waals surface area contributed by atoms with Crippen molar-refractivity contribution in [2.45, 2.75) is 65.1 Å². The van der Waals surface area contributed by atoms with Gasteiger partial charge in [0.25, 0.3) is 5.91 Å². The van der Waals surface area contributed by atoms with Crippen molar-refractivity contribution >= 4 is 27.7 Å². The van der Waals surface area contributed by atoms with E-state index in [4.69, 9.17) is 4.74 Å². The predicted molar refractivity (Wildman–Crippen MR) is 153 cm³/mol. The zero-order valence-electron chi connectivity index (χ0n) is 22.3. The average molecular weight is 566 g/mol. The van der Waals surface area contributed by atoms with Crippen LogP contribution in [0, 0.1) is 0 Å². The summed E-state index contributed by atoms with van der Waals surface area (Å²) in [6.07, 6.45) is 0.405. The highest BCUT2D eigenvalue weighted by Gasteiger charge is 2.31. The first-order valence-corrected chi connectivity index (χ1v) is 13.4. The van der Waals surface area contributed by atoms with Gasteiger partial charge in [-0.25, -0.2) is 0 Å². The molecule has 0 radical (unpaired) electrons. The number of carbonyl (C=O) groups excluding carboxylic acids is 2. The normalized spacial score (nSPS) is 12.2. The first-order chi connectivity index (χ1) is 17.5. The molecule has 6 heteroatoms. The summed E-state index contributed by atoms with van der Waals surface area (Å²) >= 11 is 3.59. The Morgan fingerprint density at radius 2 is 1.51 bits per heavy atom. The van der Waals surface area contributed by atoms with Gasteiger partial charge in [-0.2, -0.15) is 0 Å². The molecule has 0 bridgehead atoms. The van der Waals surface area contributed by atoms with Gasteiger partial charge in [0, 0.05) is 19.0 Å². The van der Waals surface area contributed by atoms with Gasteiger partial charge < -0.3 is 15.0 Å². The molecular formula is C31H37BrN2O3. The summed E-state index contributed by atoms with van der Waals surface area (Å²) in [6, 6.07) is 24.7. The molecule has 2 amide bonds. The number of hydrogen-bond donors (Lipinski definition) is 1. The smallest absolute Gasteiger partial charge is 0.261 e. The molecule has 3 aromatic rings. The Hall–Kier alpha value is -3.12. The minimum Gasteiger partial charge on any atom is -0.483 e. The van der Waals surface area contributed by atoms with E-state index in [9.17, 15) is 9.59 Å². The minimum atomic E-state index is -0.687. The average Bonchev–Trinajstić information content (AvgIpc) is 2.85. The molecule has 37 heavy (non-hydrogen) atoms. The molecule has 0 fully saturated rings. The van der Waals surface area contributed by atoms with Crippen molar-refractivity contribution in [3.63, 3.8) is 0 Å². The van der Waals surface area contributed by atoms with E-state index in [0.29, 0.717) is 18.7 Å². The standard InChI is InChI=1S/C31H37BrN2O3/c1-22(2)33-30(36)27(18-23-12-8-6-9-13-23)34(20-24-14-10-7-11-15-24)29(35)21-37-28-17-16-25(19-26(28)32)31(3,4)5/h6-17,19,22,27H,18,20-21H2,1-5H3,(H,33,36)/t27-/m1/s1. The minimum absolute atomic E-state index is 0.00219. The summed E-state index contributed by atoms with van der Waals surface area (Å²) in [4.78, 5) is 28.7. The Morgan fingerprint density at radius 3 is 2.05 bits per heavy atom. The van der Waals surface area contributed by atoms with E-state index in [0.717, 1.165) is 21.2 Å². The highest BCUT2D eigenvalue weighted by molar-refractivity contribution is 9.10. The molecule has 196 valence electrons. The quantitative estimate of drug-likeness (QED) is 0.315. The van der Waals surface area contributed by atoms with E-state index in [1.165, 1.54) is 0 Å². The van der Waals surface area contributed by atoms with Crippen molar-refractivity contribution in [2.24, 2.45) is 0 Å². The highest BCUT2D eigenvalue weighted by atomic mass is 79.9. The third-order valence-electron chi connectivity index (χ3n) is 6.05. The first kappa shape index (κ1) is 28.5. The van der Waals surface area contributed by atoms with Crippen LogP contribution in [-0.4, -0.2) is 35.4 Å². The van der Waals surface area contributed by atoms with Crippen LogP contribution < -0.4 is 10.1 Å². The number of nitrogens with zero attached hydrogens (tertiary/aromatic N) is 1. The number of hydrogen-bond acceptors (Lipinski definition) is 3. The monoisotopic (exact) mass is 564 g/mol. The van der Waals surface area contributed by atoms with Crippen molar-refractivity contribution in [1.29, 1.82) is 0 Å². The van der Waals surface area contributed by atoms with Gasteiger partial charge in [-0.05, 0) is 64.0 Å². The third-order valence-corrected chi connectivity index (χ3v) is 6.67. The zero-order valence-corrected chi connectivity index (χ0v) is 23.9. The number of ether oxygens (including phenoxy) is 1. The van der Waals surface area contributed by atoms with Crippen molar-refractivity contribution < 1.29 is 14.3 Å². The SMILES string of the molecule is CC(C)NC(=O)[C@@H](Cc1ccccc1)N(Cc1ccccc1)C(=O)COc1ccc(C(C)(C)C)cc1Br. The molecule has 0 aromatic heterocycles. The Balaban J connectivity index is 1.88. The lowest BCUT2D eigenvalue weighted by Gasteiger charge is -2.32. The molecule has 0 spiro atoms. The molecular weight excluding hydrogens is 528 g/mol. The van der Waals surface area contributed by atoms with Gasteiger partial charge in [0.15, 0.2) is 6.61 Å². The molecule has 0 heterocycles. The van der Waals surface area contributed by atoms with Crippen LogP contribution in [0.25, 0.3) is 0 Å². The maximum absolute atomic E-state index is 13.7. The number of rotatable bonds is 10. The molecule has 0 saturated heterocycles. The van der Waals surface area contributed by atoms with Crippen molar-refractivity contribution in [3.05, 3.63) is 100 Å². The Morgan fingerprint density at radius 1 is 0.919 bits per heavy atom. The summed E-state index contributed by atoms with van der Waals surface area (Å²) in [5.41, 5.74) is 3.09. The van der Waals surface area contributed by atoms with Crippen molar-refractivity contribution in [2.75, 3.05) is 6.61 Å². The van der Waals surface area contributed by atoms with E-state index in [-0.39, 0.29) is 29.9 Å². The molecule has 1 N–H and O–H groups in total. The summed E-state index contributed by atoms with van der Waals surface area (Å²) in [5.74, 6) is 0.154. The van der Waals surface area contributed by atoms with Crippen LogP contribution in [0.3, 0.4) is 0 Å². The second-order valence-electron chi connectivity index (χ2n) is 10.6. The first-order valence-electron chi connectivity index (χ1n) is 12.6. The van der Waals surface area contributed by atoms with Crippen LogP contribution in [0.5, 0.6) is 5.75 Å². The zero-order chi connectivity index (χ0) is 27.0. The number of nitrogens with one attached hydrogen (secondary N) is 1. The van der Waals surface area contributed by atoms with Crippen LogP contribution in [-0.2, 0) is 28.0 Å². The molecule has 5 nitrogen and oxygen atoms in total. The largest absolute Gasteiger partial charge is 0.483 e. The van der Waals surface area contributed by atoms with Gasteiger partial charge in [0.05, 0.1) is 4.47 Å². The van der Waals surface area contributed by atoms with E-state index < -0.39 is 6.04 Å². The Kier molecular flexibility index (Phi) is 9.93. The Labute approximate surface area is 229 Å². The second kappa shape index (κ2) is 12.9. The van der Waals surface area contributed by atoms with E-state index >= 15 is 0 Å². The molecule has 0 aliphatic rings. The maximum Gasteiger partial charge on any atom is 0.261 e. The van der Waals surface area contributed by atoms with Crippen molar-refractivity contribution in [1.82, 2.24) is 10.2 Å². The van der Waals surface area contributed by atoms with Gasteiger partial charge in [-0.3, -0.25) is 9.59 Å². The summed E-state index contributed by atoms with van der Waals surface area (Å²) in [6.45, 7) is 10.4. The fourth-order valence-corrected chi connectivity index (χ4v) is 4.51. The number of amides is 2. The second-order valence-corrected chi connectivity index (χ2v) is 11.4. The molecule has 3 aromatic carbocycles. The van der Waals surface area contributed by atoms with Crippen LogP contribution in [0.1, 0.15) is 51.3 Å². The molecule has 1 atom stereocenters. The van der Waals surface area contributed by atoms with Gasteiger partial charge in [0.2, 0.25) is 5.91 Å². The molecule has 0 aliphatic heterocycles. The fourth-order valence-electron chi connectivity index (χ4n) is 4.02. The van der Waals surface area contributed by atoms with Crippen LogP contribution in [0.15, 0.2) is 83.3 Å². The summed E-state index contributed by atoms with van der Waals surface area (Å²) in [7, 11) is 0. The van der Waals surface area contributed by atoms with Crippen LogP contribution in [0.4, 0.5) is 0 Å². The topological polar surface area (TPSA) is 58.6 Å². The van der Waals surface area contributed by atoms with Gasteiger partial charge in [0.1, 0.15) is 11.8 Å². The van der Waals surface area contributed by atoms with Gasteiger partial charge in [-0.15, -0.1) is 0 Å². The van der Waals surface area contributed by atoms with Gasteiger partial charge >= 0.3 is 0 Å². The number of halogens is 1. The molecule has 0 unspecified atom stereocenters. The molecule has 0 saturated carbocycles.